The van der Waals surface area contributed by atoms with Crippen molar-refractivity contribution in [1.82, 2.24) is 5.32 Å². The lowest BCUT2D eigenvalue weighted by atomic mass is 10.0. The minimum Gasteiger partial charge on any atom is -0.383 e. The molecule has 1 N–H and O–H groups in total. The summed E-state index contributed by atoms with van der Waals surface area (Å²) in [6.45, 7) is 5.24. The molecule has 3 unspecified atom stereocenters. The Balaban J connectivity index is 2.42. The first-order chi connectivity index (χ1) is 7.19. The number of ether oxygens (including phenoxy) is 2. The van der Waals surface area contributed by atoms with E-state index in [1.807, 2.05) is 7.11 Å². The van der Waals surface area contributed by atoms with Crippen LogP contribution in [0.25, 0.3) is 0 Å². The Morgan fingerprint density at radius 3 is 2.53 bits per heavy atom. The van der Waals surface area contributed by atoms with Crippen LogP contribution in [0.15, 0.2) is 0 Å². The highest BCUT2D eigenvalue weighted by atomic mass is 16.5. The molecule has 0 aliphatic heterocycles. The van der Waals surface area contributed by atoms with Crippen molar-refractivity contribution in [2.24, 2.45) is 5.92 Å². The van der Waals surface area contributed by atoms with Crippen LogP contribution in [0.2, 0.25) is 0 Å². The Morgan fingerprint density at radius 1 is 1.27 bits per heavy atom. The summed E-state index contributed by atoms with van der Waals surface area (Å²) in [5.41, 5.74) is 0. The molecule has 15 heavy (non-hydrogen) atoms. The third-order valence-corrected chi connectivity index (χ3v) is 3.33. The van der Waals surface area contributed by atoms with Gasteiger partial charge < -0.3 is 14.8 Å². The van der Waals surface area contributed by atoms with Gasteiger partial charge in [0, 0.05) is 26.3 Å². The van der Waals surface area contributed by atoms with Crippen molar-refractivity contribution in [1.29, 1.82) is 0 Å². The number of hydrogen-bond donors (Lipinski definition) is 1. The van der Waals surface area contributed by atoms with Crippen LogP contribution in [0, 0.1) is 5.92 Å². The minimum atomic E-state index is 0.392. The number of rotatable bonds is 6. The lowest BCUT2D eigenvalue weighted by molar-refractivity contribution is 0.0677. The molecule has 0 aromatic rings. The number of methoxy groups -OCH3 is 2. The van der Waals surface area contributed by atoms with Gasteiger partial charge in [0.15, 0.2) is 0 Å². The third-order valence-electron chi connectivity index (χ3n) is 3.33. The second kappa shape index (κ2) is 6.46. The average Bonchev–Trinajstić information content (AvgIpc) is 2.64. The van der Waals surface area contributed by atoms with E-state index in [9.17, 15) is 0 Å². The Kier molecular flexibility index (Phi) is 5.58. The smallest absolute Gasteiger partial charge is 0.0724 e. The highest BCUT2D eigenvalue weighted by molar-refractivity contribution is 4.87. The van der Waals surface area contributed by atoms with Crippen LogP contribution in [0.4, 0.5) is 0 Å². The molecular weight excluding hydrogens is 190 g/mol. The largest absolute Gasteiger partial charge is 0.383 e. The molecule has 3 nitrogen and oxygen atoms in total. The molecule has 0 amide bonds. The van der Waals surface area contributed by atoms with Gasteiger partial charge in [-0.2, -0.15) is 0 Å². The molecule has 1 fully saturated rings. The molecule has 0 aromatic carbocycles. The van der Waals surface area contributed by atoms with Crippen LogP contribution >= 0.6 is 0 Å². The van der Waals surface area contributed by atoms with E-state index in [1.54, 1.807) is 7.11 Å². The maximum absolute atomic E-state index is 5.48. The topological polar surface area (TPSA) is 30.5 Å². The molecule has 3 atom stereocenters. The monoisotopic (exact) mass is 215 g/mol. The normalized spacial score (nSPS) is 28.6. The average molecular weight is 215 g/mol. The predicted octanol–water partition coefficient (Wildman–Crippen LogP) is 1.81. The van der Waals surface area contributed by atoms with Gasteiger partial charge in [0.05, 0.1) is 12.7 Å². The highest BCUT2D eigenvalue weighted by Gasteiger charge is 2.29. The van der Waals surface area contributed by atoms with E-state index < -0.39 is 0 Å². The summed E-state index contributed by atoms with van der Waals surface area (Å²) in [5, 5.41) is 3.67. The Bertz CT molecular complexity index is 173. The summed E-state index contributed by atoms with van der Waals surface area (Å²) in [5.74, 6) is 0.600. The standard InChI is InChI=1S/C12H25NO2/c1-9(2)11(8-14-3)13-10-6-5-7-12(10)15-4/h9-13H,5-8H2,1-4H3. The summed E-state index contributed by atoms with van der Waals surface area (Å²) in [6, 6.07) is 0.952. The maximum atomic E-state index is 5.48. The van der Waals surface area contributed by atoms with Crippen molar-refractivity contribution in [2.45, 2.75) is 51.3 Å². The van der Waals surface area contributed by atoms with Crippen LogP contribution in [-0.2, 0) is 9.47 Å². The van der Waals surface area contributed by atoms with Crippen LogP contribution in [0.3, 0.4) is 0 Å². The summed E-state index contributed by atoms with van der Waals surface area (Å²) < 4.78 is 10.7. The Hall–Kier alpha value is -0.120. The molecule has 0 heterocycles. The van der Waals surface area contributed by atoms with E-state index in [4.69, 9.17) is 9.47 Å². The lowest BCUT2D eigenvalue weighted by Crippen LogP contribution is -2.47. The van der Waals surface area contributed by atoms with Gasteiger partial charge in [0.2, 0.25) is 0 Å². The molecule has 0 aromatic heterocycles. The number of hydrogen-bond acceptors (Lipinski definition) is 3. The molecule has 0 bridgehead atoms. The van der Waals surface area contributed by atoms with Crippen LogP contribution in [0.5, 0.6) is 0 Å². The summed E-state index contributed by atoms with van der Waals surface area (Å²) in [7, 11) is 3.57. The SMILES string of the molecule is COCC(NC1CCCC1OC)C(C)C. The molecule has 0 radical (unpaired) electrons. The van der Waals surface area contributed by atoms with E-state index in [0.717, 1.165) is 6.61 Å². The van der Waals surface area contributed by atoms with E-state index in [0.29, 0.717) is 24.1 Å². The molecule has 1 rings (SSSR count). The van der Waals surface area contributed by atoms with E-state index >= 15 is 0 Å². The van der Waals surface area contributed by atoms with Gasteiger partial charge in [-0.1, -0.05) is 13.8 Å². The van der Waals surface area contributed by atoms with Gasteiger partial charge in [0.1, 0.15) is 0 Å². The first-order valence-electron chi connectivity index (χ1n) is 5.96. The van der Waals surface area contributed by atoms with Crippen molar-refractivity contribution < 1.29 is 9.47 Å². The van der Waals surface area contributed by atoms with Crippen molar-refractivity contribution in [3.05, 3.63) is 0 Å². The predicted molar refractivity (Wildman–Crippen MR) is 62.1 cm³/mol. The van der Waals surface area contributed by atoms with E-state index in [2.05, 4.69) is 19.2 Å². The first-order valence-corrected chi connectivity index (χ1v) is 5.96. The van der Waals surface area contributed by atoms with Crippen LogP contribution < -0.4 is 5.32 Å². The lowest BCUT2D eigenvalue weighted by Gasteiger charge is -2.28. The highest BCUT2D eigenvalue weighted by Crippen LogP contribution is 2.22. The summed E-state index contributed by atoms with van der Waals surface area (Å²) >= 11 is 0. The van der Waals surface area contributed by atoms with Gasteiger partial charge in [-0.15, -0.1) is 0 Å². The number of nitrogens with one attached hydrogen (secondary N) is 1. The van der Waals surface area contributed by atoms with Crippen molar-refractivity contribution in [2.75, 3.05) is 20.8 Å². The van der Waals surface area contributed by atoms with Gasteiger partial charge in [0.25, 0.3) is 0 Å². The fourth-order valence-corrected chi connectivity index (χ4v) is 2.29. The molecule has 1 saturated carbocycles. The van der Waals surface area contributed by atoms with Gasteiger partial charge in [-0.05, 0) is 25.2 Å². The molecule has 1 aliphatic rings. The van der Waals surface area contributed by atoms with E-state index in [1.165, 1.54) is 19.3 Å². The molecule has 1 aliphatic carbocycles. The second-order valence-electron chi connectivity index (χ2n) is 4.78. The van der Waals surface area contributed by atoms with Crippen molar-refractivity contribution in [3.8, 4) is 0 Å². The minimum absolute atomic E-state index is 0.392. The summed E-state index contributed by atoms with van der Waals surface area (Å²) in [4.78, 5) is 0. The maximum Gasteiger partial charge on any atom is 0.0724 e. The molecular formula is C12H25NO2. The zero-order chi connectivity index (χ0) is 11.3. The fourth-order valence-electron chi connectivity index (χ4n) is 2.29. The van der Waals surface area contributed by atoms with E-state index in [-0.39, 0.29) is 0 Å². The third kappa shape index (κ3) is 3.74. The first kappa shape index (κ1) is 12.9. The van der Waals surface area contributed by atoms with Gasteiger partial charge >= 0.3 is 0 Å². The molecule has 3 heteroatoms. The molecule has 0 spiro atoms. The van der Waals surface area contributed by atoms with Crippen molar-refractivity contribution in [3.63, 3.8) is 0 Å². The Morgan fingerprint density at radius 2 is 2.00 bits per heavy atom. The molecule has 90 valence electrons. The zero-order valence-electron chi connectivity index (χ0n) is 10.5. The Labute approximate surface area is 93.5 Å². The van der Waals surface area contributed by atoms with Crippen LogP contribution in [-0.4, -0.2) is 39.0 Å². The quantitative estimate of drug-likeness (QED) is 0.733. The van der Waals surface area contributed by atoms with Crippen molar-refractivity contribution >= 4 is 0 Å². The second-order valence-corrected chi connectivity index (χ2v) is 4.78. The van der Waals surface area contributed by atoms with Gasteiger partial charge in [-0.25, -0.2) is 0 Å². The fraction of sp³-hybridized carbons (Fsp3) is 1.00. The molecule has 0 saturated heterocycles. The zero-order valence-corrected chi connectivity index (χ0v) is 10.5. The summed E-state index contributed by atoms with van der Waals surface area (Å²) in [6.07, 6.45) is 4.08. The van der Waals surface area contributed by atoms with Gasteiger partial charge in [-0.3, -0.25) is 0 Å². The van der Waals surface area contributed by atoms with Crippen LogP contribution in [0.1, 0.15) is 33.1 Å².